The van der Waals surface area contributed by atoms with Gasteiger partial charge in [-0.25, -0.2) is 10.4 Å². The summed E-state index contributed by atoms with van der Waals surface area (Å²) in [6.45, 7) is 0.516. The number of hydrazine groups is 1. The second-order valence-electron chi connectivity index (χ2n) is 8.21. The molecule has 1 aliphatic heterocycles. The maximum Gasteiger partial charge on any atom is 0.266 e. The Hall–Kier alpha value is -3.20. The summed E-state index contributed by atoms with van der Waals surface area (Å²) in [7, 11) is 1.65. The van der Waals surface area contributed by atoms with E-state index >= 15 is 0 Å². The minimum atomic E-state index is -1.23. The van der Waals surface area contributed by atoms with E-state index in [1.54, 1.807) is 7.05 Å². The molecule has 0 radical (unpaired) electrons. The van der Waals surface area contributed by atoms with Crippen LogP contribution in [0.1, 0.15) is 29.2 Å². The van der Waals surface area contributed by atoms with Crippen LogP contribution < -0.4 is 15.6 Å². The summed E-state index contributed by atoms with van der Waals surface area (Å²) in [4.78, 5) is 18.5. The van der Waals surface area contributed by atoms with E-state index in [4.69, 9.17) is 19.6 Å². The number of nitrogens with one attached hydrogen (secondary N) is 2. The van der Waals surface area contributed by atoms with E-state index in [0.29, 0.717) is 31.1 Å². The molecule has 0 aromatic heterocycles. The number of aliphatic hydroxyl groups excluding tert-OH is 1. The molecule has 0 saturated heterocycles. The van der Waals surface area contributed by atoms with Crippen LogP contribution >= 0.6 is 15.9 Å². The molecule has 3 aromatic rings. The van der Waals surface area contributed by atoms with E-state index in [0.717, 1.165) is 21.2 Å². The lowest BCUT2D eigenvalue weighted by Gasteiger charge is -2.30. The number of aliphatic hydroxyl groups is 1. The number of hydrogen-bond acceptors (Lipinski definition) is 6. The Morgan fingerprint density at radius 2 is 1.80 bits per heavy atom. The third-order valence-electron chi connectivity index (χ3n) is 5.76. The van der Waals surface area contributed by atoms with Crippen molar-refractivity contribution in [2.75, 3.05) is 20.3 Å². The molecule has 1 aliphatic rings. The molecule has 0 aliphatic carbocycles. The van der Waals surface area contributed by atoms with Crippen LogP contribution in [-0.2, 0) is 16.0 Å². The minimum absolute atomic E-state index is 0.0821. The van der Waals surface area contributed by atoms with Gasteiger partial charge in [-0.1, -0.05) is 58.4 Å². The molecule has 0 saturated carbocycles. The van der Waals surface area contributed by atoms with Crippen LogP contribution in [0.15, 0.2) is 88.3 Å². The molecule has 182 valence electrons. The van der Waals surface area contributed by atoms with Crippen molar-refractivity contribution in [2.45, 2.75) is 24.5 Å². The monoisotopic (exact) mass is 537 g/mol. The molecule has 8 heteroatoms. The summed E-state index contributed by atoms with van der Waals surface area (Å²) in [6, 6.07) is 24.9. The number of halogens is 1. The van der Waals surface area contributed by atoms with Crippen molar-refractivity contribution in [2.24, 2.45) is 4.99 Å². The number of benzene rings is 3. The number of carbonyl (C=O) groups is 1. The van der Waals surface area contributed by atoms with Crippen molar-refractivity contribution in [3.05, 3.63) is 100 Å². The first-order valence-electron chi connectivity index (χ1n) is 11.4. The first-order valence-corrected chi connectivity index (χ1v) is 12.2. The first kappa shape index (κ1) is 24.9. The van der Waals surface area contributed by atoms with Crippen LogP contribution in [0.25, 0.3) is 0 Å². The molecule has 0 spiro atoms. The number of ether oxygens (including phenoxy) is 2. The summed E-state index contributed by atoms with van der Waals surface area (Å²) in [5, 5.41) is 8.95. The highest BCUT2D eigenvalue weighted by atomic mass is 79.9. The van der Waals surface area contributed by atoms with Gasteiger partial charge >= 0.3 is 0 Å². The van der Waals surface area contributed by atoms with Gasteiger partial charge in [-0.05, 0) is 47.5 Å². The Balaban J connectivity index is 1.74. The lowest BCUT2D eigenvalue weighted by molar-refractivity contribution is -0.129. The summed E-state index contributed by atoms with van der Waals surface area (Å²) in [6.07, 6.45) is 0.283. The zero-order valence-electron chi connectivity index (χ0n) is 19.4. The number of aliphatic imine (C=N–C) groups is 1. The van der Waals surface area contributed by atoms with E-state index in [-0.39, 0.29) is 12.5 Å². The Morgan fingerprint density at radius 1 is 1.09 bits per heavy atom. The second-order valence-corrected chi connectivity index (χ2v) is 9.12. The molecule has 0 unspecified atom stereocenters. The molecule has 3 aromatic carbocycles. The number of nitrogens with zero attached hydrogens (tertiary/aromatic N) is 1. The summed E-state index contributed by atoms with van der Waals surface area (Å²) < 4.78 is 13.0. The van der Waals surface area contributed by atoms with Crippen molar-refractivity contribution >= 4 is 27.7 Å². The van der Waals surface area contributed by atoms with Crippen LogP contribution in [0.4, 0.5) is 0 Å². The SMILES string of the molecule is CNNC(=O)[C@@]1(Cc2ccc(Br)cc2)N=C(c2ccc(OCCCO)cc2)O[C@H]1c1ccccc1. The van der Waals surface area contributed by atoms with Crippen LogP contribution in [0.2, 0.25) is 0 Å². The Kier molecular flexibility index (Phi) is 8.17. The van der Waals surface area contributed by atoms with Crippen molar-refractivity contribution in [1.82, 2.24) is 10.9 Å². The molecule has 35 heavy (non-hydrogen) atoms. The molecular weight excluding hydrogens is 510 g/mol. The average molecular weight is 538 g/mol. The van der Waals surface area contributed by atoms with E-state index < -0.39 is 11.6 Å². The predicted octanol–water partition coefficient (Wildman–Crippen LogP) is 3.96. The van der Waals surface area contributed by atoms with Crippen molar-refractivity contribution in [1.29, 1.82) is 0 Å². The fraction of sp³-hybridized carbons (Fsp3) is 0.259. The summed E-state index contributed by atoms with van der Waals surface area (Å²) >= 11 is 3.48. The standard InChI is InChI=1S/C27H28BrN3O4/c1-29-31-26(33)27(18-19-8-12-22(28)13-9-19)24(20-6-3-2-4-7-20)35-25(30-27)21-10-14-23(15-11-21)34-17-5-16-32/h2-4,6-15,24,29,32H,5,16-18H2,1H3,(H,31,33)/t24-,27-/m0/s1. The normalized spacial score (nSPS) is 19.1. The van der Waals surface area contributed by atoms with Gasteiger partial charge in [-0.3, -0.25) is 10.2 Å². The molecule has 1 heterocycles. The van der Waals surface area contributed by atoms with Crippen LogP contribution in [0, 0.1) is 0 Å². The Bertz CT molecular complexity index is 1150. The highest BCUT2D eigenvalue weighted by Gasteiger charge is 2.53. The van der Waals surface area contributed by atoms with E-state index in [1.165, 1.54) is 0 Å². The van der Waals surface area contributed by atoms with E-state index in [1.807, 2.05) is 78.9 Å². The fourth-order valence-electron chi connectivity index (χ4n) is 4.05. The molecule has 0 fully saturated rings. The van der Waals surface area contributed by atoms with Gasteiger partial charge in [0, 0.05) is 36.5 Å². The second kappa shape index (κ2) is 11.5. The smallest absolute Gasteiger partial charge is 0.266 e. The van der Waals surface area contributed by atoms with Crippen molar-refractivity contribution in [3.63, 3.8) is 0 Å². The molecule has 7 nitrogen and oxygen atoms in total. The molecule has 4 rings (SSSR count). The van der Waals surface area contributed by atoms with Gasteiger partial charge in [0.15, 0.2) is 11.6 Å². The quantitative estimate of drug-likeness (QED) is 0.269. The highest BCUT2D eigenvalue weighted by Crippen LogP contribution is 2.42. The van der Waals surface area contributed by atoms with Gasteiger partial charge in [-0.2, -0.15) is 0 Å². The number of rotatable bonds is 10. The zero-order valence-corrected chi connectivity index (χ0v) is 21.0. The maximum atomic E-state index is 13.6. The van der Waals surface area contributed by atoms with Crippen molar-refractivity contribution in [3.8, 4) is 5.75 Å². The van der Waals surface area contributed by atoms with Crippen LogP contribution in [0.5, 0.6) is 5.75 Å². The van der Waals surface area contributed by atoms with E-state index in [9.17, 15) is 4.79 Å². The summed E-state index contributed by atoms with van der Waals surface area (Å²) in [5.74, 6) is 0.800. The van der Waals surface area contributed by atoms with Crippen LogP contribution in [0.3, 0.4) is 0 Å². The van der Waals surface area contributed by atoms with Gasteiger partial charge in [0.25, 0.3) is 5.91 Å². The van der Waals surface area contributed by atoms with Gasteiger partial charge in [-0.15, -0.1) is 0 Å². The van der Waals surface area contributed by atoms with Crippen LogP contribution in [-0.4, -0.2) is 42.7 Å². The van der Waals surface area contributed by atoms with E-state index in [2.05, 4.69) is 26.8 Å². The highest BCUT2D eigenvalue weighted by molar-refractivity contribution is 9.10. The number of hydrogen-bond donors (Lipinski definition) is 3. The number of carbonyl (C=O) groups excluding carboxylic acids is 1. The zero-order chi connectivity index (χ0) is 24.7. The molecule has 1 amide bonds. The Labute approximate surface area is 213 Å². The Morgan fingerprint density at radius 3 is 2.46 bits per heavy atom. The van der Waals surface area contributed by atoms with Gasteiger partial charge < -0.3 is 14.6 Å². The maximum absolute atomic E-state index is 13.6. The number of amides is 1. The minimum Gasteiger partial charge on any atom is -0.494 e. The average Bonchev–Trinajstić information content (AvgIpc) is 3.27. The fourth-order valence-corrected chi connectivity index (χ4v) is 4.31. The summed E-state index contributed by atoms with van der Waals surface area (Å²) in [5.41, 5.74) is 6.83. The topological polar surface area (TPSA) is 92.2 Å². The largest absolute Gasteiger partial charge is 0.494 e. The third kappa shape index (κ3) is 5.73. The predicted molar refractivity (Wildman–Crippen MR) is 138 cm³/mol. The molecule has 3 N–H and O–H groups in total. The van der Waals surface area contributed by atoms with Crippen molar-refractivity contribution < 1.29 is 19.4 Å². The lowest BCUT2D eigenvalue weighted by Crippen LogP contribution is -2.53. The lowest BCUT2D eigenvalue weighted by atomic mass is 9.82. The van der Waals surface area contributed by atoms with Gasteiger partial charge in [0.05, 0.1) is 6.61 Å². The van der Waals surface area contributed by atoms with Gasteiger partial charge in [0.2, 0.25) is 5.90 Å². The molecular formula is C27H28BrN3O4. The third-order valence-corrected chi connectivity index (χ3v) is 6.29. The van der Waals surface area contributed by atoms with Gasteiger partial charge in [0.1, 0.15) is 5.75 Å². The molecule has 0 bridgehead atoms. The first-order chi connectivity index (χ1) is 17.1. The molecule has 2 atom stereocenters.